The lowest BCUT2D eigenvalue weighted by molar-refractivity contribution is 0.140. The standard InChI is InChI=1S/C16H23N3/c1-13-10-14(11-17)4-5-15(13)12-19-8-6-16(7-9-19)18(2)3/h4-5,10,16H,6-9,12H2,1-3H3. The van der Waals surface area contributed by atoms with E-state index in [4.69, 9.17) is 5.26 Å². The third-order valence-corrected chi connectivity index (χ3v) is 4.15. The third-order valence-electron chi connectivity index (χ3n) is 4.15. The highest BCUT2D eigenvalue weighted by Gasteiger charge is 2.20. The molecule has 0 N–H and O–H groups in total. The predicted octanol–water partition coefficient (Wildman–Crippen LogP) is 2.39. The maximum Gasteiger partial charge on any atom is 0.0991 e. The molecule has 0 amide bonds. The van der Waals surface area contributed by atoms with Crippen molar-refractivity contribution < 1.29 is 0 Å². The zero-order valence-corrected chi connectivity index (χ0v) is 12.2. The smallest absolute Gasteiger partial charge is 0.0991 e. The monoisotopic (exact) mass is 257 g/mol. The van der Waals surface area contributed by atoms with Crippen LogP contribution in [0.3, 0.4) is 0 Å². The van der Waals surface area contributed by atoms with Crippen LogP contribution in [0.15, 0.2) is 18.2 Å². The van der Waals surface area contributed by atoms with Gasteiger partial charge in [0.05, 0.1) is 11.6 Å². The molecule has 1 aliphatic rings. The first-order valence-corrected chi connectivity index (χ1v) is 6.98. The number of likely N-dealkylation sites (tertiary alicyclic amines) is 1. The van der Waals surface area contributed by atoms with Crippen molar-refractivity contribution in [1.29, 1.82) is 5.26 Å². The van der Waals surface area contributed by atoms with Crippen LogP contribution in [0.25, 0.3) is 0 Å². The molecule has 0 aromatic heterocycles. The number of nitriles is 1. The average molecular weight is 257 g/mol. The van der Waals surface area contributed by atoms with Crippen LogP contribution in [0.5, 0.6) is 0 Å². The second kappa shape index (κ2) is 6.18. The Balaban J connectivity index is 1.94. The topological polar surface area (TPSA) is 30.3 Å². The van der Waals surface area contributed by atoms with E-state index in [2.05, 4.69) is 43.0 Å². The van der Waals surface area contributed by atoms with Gasteiger partial charge >= 0.3 is 0 Å². The number of hydrogen-bond donors (Lipinski definition) is 0. The summed E-state index contributed by atoms with van der Waals surface area (Å²) in [4.78, 5) is 4.86. The number of piperidine rings is 1. The van der Waals surface area contributed by atoms with Gasteiger partial charge in [-0.2, -0.15) is 5.26 Å². The first-order valence-electron chi connectivity index (χ1n) is 6.98. The molecular formula is C16H23N3. The zero-order valence-electron chi connectivity index (χ0n) is 12.2. The van der Waals surface area contributed by atoms with Gasteiger partial charge in [0, 0.05) is 12.6 Å². The van der Waals surface area contributed by atoms with E-state index in [1.54, 1.807) is 0 Å². The summed E-state index contributed by atoms with van der Waals surface area (Å²) in [5.74, 6) is 0. The molecule has 102 valence electrons. The molecule has 1 saturated heterocycles. The van der Waals surface area contributed by atoms with E-state index in [1.807, 2.05) is 12.1 Å². The van der Waals surface area contributed by atoms with Crippen LogP contribution >= 0.6 is 0 Å². The molecule has 1 aliphatic heterocycles. The Kier molecular flexibility index (Phi) is 4.57. The number of nitrogens with zero attached hydrogens (tertiary/aromatic N) is 3. The first kappa shape index (κ1) is 14.0. The van der Waals surface area contributed by atoms with Crippen LogP contribution in [0.4, 0.5) is 0 Å². The number of hydrogen-bond acceptors (Lipinski definition) is 3. The van der Waals surface area contributed by atoms with Gasteiger partial charge in [-0.3, -0.25) is 4.90 Å². The van der Waals surface area contributed by atoms with Gasteiger partial charge in [-0.1, -0.05) is 6.07 Å². The quantitative estimate of drug-likeness (QED) is 0.833. The summed E-state index contributed by atoms with van der Waals surface area (Å²) in [6.45, 7) is 5.45. The largest absolute Gasteiger partial charge is 0.306 e. The van der Waals surface area contributed by atoms with Crippen molar-refractivity contribution in [3.63, 3.8) is 0 Å². The fraction of sp³-hybridized carbons (Fsp3) is 0.562. The minimum Gasteiger partial charge on any atom is -0.306 e. The van der Waals surface area contributed by atoms with E-state index in [9.17, 15) is 0 Å². The van der Waals surface area contributed by atoms with Crippen molar-refractivity contribution >= 4 is 0 Å². The van der Waals surface area contributed by atoms with E-state index < -0.39 is 0 Å². The molecule has 0 radical (unpaired) electrons. The molecule has 3 heteroatoms. The van der Waals surface area contributed by atoms with E-state index in [1.165, 1.54) is 37.1 Å². The van der Waals surface area contributed by atoms with Crippen molar-refractivity contribution in [3.8, 4) is 6.07 Å². The van der Waals surface area contributed by atoms with Crippen LogP contribution in [0.2, 0.25) is 0 Å². The Labute approximate surface area is 116 Å². The van der Waals surface area contributed by atoms with Crippen LogP contribution in [-0.4, -0.2) is 43.0 Å². The lowest BCUT2D eigenvalue weighted by atomic mass is 10.0. The molecule has 3 nitrogen and oxygen atoms in total. The summed E-state index contributed by atoms with van der Waals surface area (Å²) in [5, 5.41) is 8.89. The van der Waals surface area contributed by atoms with Crippen LogP contribution in [-0.2, 0) is 6.54 Å². The van der Waals surface area contributed by atoms with E-state index in [0.29, 0.717) is 0 Å². The van der Waals surface area contributed by atoms with Gasteiger partial charge in [0.15, 0.2) is 0 Å². The fourth-order valence-electron chi connectivity index (χ4n) is 2.78. The Hall–Kier alpha value is -1.37. The van der Waals surface area contributed by atoms with E-state index in [0.717, 1.165) is 18.2 Å². The molecule has 2 rings (SSSR count). The molecular weight excluding hydrogens is 234 g/mol. The molecule has 0 unspecified atom stereocenters. The van der Waals surface area contributed by atoms with Crippen molar-refractivity contribution in [2.24, 2.45) is 0 Å². The second-order valence-corrected chi connectivity index (χ2v) is 5.72. The van der Waals surface area contributed by atoms with Crippen LogP contribution in [0, 0.1) is 18.3 Å². The SMILES string of the molecule is Cc1cc(C#N)ccc1CN1CCC(N(C)C)CC1. The minimum absolute atomic E-state index is 0.735. The molecule has 1 aromatic rings. The van der Waals surface area contributed by atoms with Gasteiger partial charge in [-0.15, -0.1) is 0 Å². The van der Waals surface area contributed by atoms with Gasteiger partial charge < -0.3 is 4.90 Å². The molecule has 0 bridgehead atoms. The Bertz CT molecular complexity index is 465. The molecule has 1 fully saturated rings. The molecule has 0 aliphatic carbocycles. The molecule has 0 atom stereocenters. The van der Waals surface area contributed by atoms with E-state index >= 15 is 0 Å². The van der Waals surface area contributed by atoms with E-state index in [-0.39, 0.29) is 0 Å². The molecule has 1 aromatic carbocycles. The highest BCUT2D eigenvalue weighted by Crippen LogP contribution is 2.18. The predicted molar refractivity (Wildman–Crippen MR) is 77.9 cm³/mol. The highest BCUT2D eigenvalue weighted by atomic mass is 15.2. The summed E-state index contributed by atoms with van der Waals surface area (Å²) in [5.41, 5.74) is 3.34. The Morgan fingerprint density at radius 1 is 1.32 bits per heavy atom. The van der Waals surface area contributed by atoms with Gasteiger partial charge in [-0.05, 0) is 70.2 Å². The zero-order chi connectivity index (χ0) is 13.8. The number of rotatable bonds is 3. The summed E-state index contributed by atoms with van der Waals surface area (Å²) in [6.07, 6.45) is 2.50. The molecule has 1 heterocycles. The molecule has 0 spiro atoms. The normalized spacial score (nSPS) is 17.6. The van der Waals surface area contributed by atoms with Crippen molar-refractivity contribution in [2.45, 2.75) is 32.4 Å². The lowest BCUT2D eigenvalue weighted by Gasteiger charge is -2.35. The van der Waals surface area contributed by atoms with Gasteiger partial charge in [0.25, 0.3) is 0 Å². The summed E-state index contributed by atoms with van der Waals surface area (Å²) in [6, 6.07) is 8.95. The maximum absolute atomic E-state index is 8.89. The molecule has 0 saturated carbocycles. The van der Waals surface area contributed by atoms with Crippen molar-refractivity contribution in [1.82, 2.24) is 9.80 Å². The van der Waals surface area contributed by atoms with Crippen molar-refractivity contribution in [3.05, 3.63) is 34.9 Å². The molecule has 19 heavy (non-hydrogen) atoms. The second-order valence-electron chi connectivity index (χ2n) is 5.72. The summed E-state index contributed by atoms with van der Waals surface area (Å²) < 4.78 is 0. The fourth-order valence-corrected chi connectivity index (χ4v) is 2.78. The number of aryl methyl sites for hydroxylation is 1. The maximum atomic E-state index is 8.89. The van der Waals surface area contributed by atoms with Crippen LogP contribution in [0.1, 0.15) is 29.5 Å². The Morgan fingerprint density at radius 3 is 2.53 bits per heavy atom. The van der Waals surface area contributed by atoms with Crippen LogP contribution < -0.4 is 0 Å². The highest BCUT2D eigenvalue weighted by molar-refractivity contribution is 5.37. The van der Waals surface area contributed by atoms with Gasteiger partial charge in [0.1, 0.15) is 0 Å². The third kappa shape index (κ3) is 3.56. The lowest BCUT2D eigenvalue weighted by Crippen LogP contribution is -2.41. The first-order chi connectivity index (χ1) is 9.10. The number of benzene rings is 1. The minimum atomic E-state index is 0.735. The summed E-state index contributed by atoms with van der Waals surface area (Å²) >= 11 is 0. The average Bonchev–Trinajstić information content (AvgIpc) is 2.41. The summed E-state index contributed by atoms with van der Waals surface area (Å²) in [7, 11) is 4.34. The van der Waals surface area contributed by atoms with Gasteiger partial charge in [0.2, 0.25) is 0 Å². The van der Waals surface area contributed by atoms with Gasteiger partial charge in [-0.25, -0.2) is 0 Å². The Morgan fingerprint density at radius 2 is 2.00 bits per heavy atom. The van der Waals surface area contributed by atoms with Crippen molar-refractivity contribution in [2.75, 3.05) is 27.2 Å².